The lowest BCUT2D eigenvalue weighted by atomic mass is 9.83. The molecule has 2 rings (SSSR count). The van der Waals surface area contributed by atoms with Crippen LogP contribution in [0, 0.1) is 11.8 Å². The number of hydrogen-bond acceptors (Lipinski definition) is 12. The van der Waals surface area contributed by atoms with Gasteiger partial charge in [0.25, 0.3) is 0 Å². The molecule has 0 aliphatic carbocycles. The number of carbonyl (C=O) groups excluding carboxylic acids is 8. The predicted molar refractivity (Wildman–Crippen MR) is 274 cm³/mol. The monoisotopic (exact) mass is 1000 g/mol. The van der Waals surface area contributed by atoms with E-state index >= 15 is 0 Å². The van der Waals surface area contributed by atoms with Crippen molar-refractivity contribution in [2.24, 2.45) is 22.6 Å². The Hall–Kier alpha value is -5.18. The highest BCUT2D eigenvalue weighted by Gasteiger charge is 2.45. The van der Waals surface area contributed by atoms with Gasteiger partial charge in [0, 0.05) is 63.5 Å². The van der Waals surface area contributed by atoms with Crippen LogP contribution >= 0.6 is 11.8 Å². The van der Waals surface area contributed by atoms with Crippen LogP contribution in [0.4, 0.5) is 0 Å². The molecule has 21 heteroatoms. The van der Waals surface area contributed by atoms with Crippen LogP contribution in [0.5, 0.6) is 0 Å². The Labute approximate surface area is 419 Å². The third-order valence-electron chi connectivity index (χ3n) is 12.4. The van der Waals surface area contributed by atoms with E-state index in [1.807, 2.05) is 20.9 Å². The number of thioether (sulfide) groups is 1. The second kappa shape index (κ2) is 34.2. The Kier molecular flexibility index (Phi) is 29.8. The summed E-state index contributed by atoms with van der Waals surface area (Å²) in [5, 5.41) is 36.7. The van der Waals surface area contributed by atoms with E-state index in [2.05, 4.69) is 59.4 Å². The lowest BCUT2D eigenvalue weighted by molar-refractivity contribution is -0.137. The molecule has 0 aromatic carbocycles. The molecule has 0 bridgehead atoms. The fraction of sp³-hybridized carbons (Fsp3) is 0.735. The van der Waals surface area contributed by atoms with Crippen LogP contribution in [-0.2, 0) is 38.4 Å². The van der Waals surface area contributed by atoms with Gasteiger partial charge in [0.15, 0.2) is 11.7 Å². The number of unbranched alkanes of at least 4 members (excludes halogenated alkanes) is 13. The standard InChI is InChI=1S/C49H85N11O9S/c1-33(2)27-38-44(66)55-30-34(3)60-49(32-70-26-25-53-45(67)39(31-61)58-46(68)37(59-47(49)69)22-23-41(50)63)29-36(43(65)57-38)28-40(62)35(4)56-42(64)21-19-17-15-13-11-9-7-8-10-12-14-16-18-20-24-54-48(51-5)52-6/h25-26,33,35-39,60-61H,3,7-24,27-32H2,1-2,4-6H3,(H2,50,63)(H,53,67)(H,55,66)(H,56,64)(H,57,65)(H,58,68)(H,59,69)(H2,51,52,54)/b26-25-. The number of ketones is 1. The Morgan fingerprint density at radius 1 is 0.829 bits per heavy atom. The molecule has 1 saturated heterocycles. The molecule has 2 heterocycles. The van der Waals surface area contributed by atoms with Crippen LogP contribution in [0.2, 0.25) is 0 Å². The first-order chi connectivity index (χ1) is 33.4. The van der Waals surface area contributed by atoms with E-state index in [0.717, 1.165) is 56.4 Å². The zero-order valence-electron chi connectivity index (χ0n) is 42.4. The molecule has 12 N–H and O–H groups in total. The minimum Gasteiger partial charge on any atom is -0.394 e. The third kappa shape index (κ3) is 24.1. The van der Waals surface area contributed by atoms with E-state index in [-0.39, 0.29) is 61.9 Å². The summed E-state index contributed by atoms with van der Waals surface area (Å²) in [4.78, 5) is 112. The molecule has 396 valence electrons. The summed E-state index contributed by atoms with van der Waals surface area (Å²) in [6.45, 7) is 9.38. The number of amides is 7. The number of aliphatic hydroxyl groups excluding tert-OH is 1. The quantitative estimate of drug-likeness (QED) is 0.0320. The average molecular weight is 1000 g/mol. The van der Waals surface area contributed by atoms with Gasteiger partial charge < -0.3 is 58.7 Å². The van der Waals surface area contributed by atoms with E-state index < -0.39 is 89.9 Å². The number of hydrogen-bond donors (Lipinski definition) is 11. The summed E-state index contributed by atoms with van der Waals surface area (Å²) < 4.78 is 0. The van der Waals surface area contributed by atoms with Gasteiger partial charge in [0.05, 0.1) is 19.2 Å². The Morgan fingerprint density at radius 2 is 1.43 bits per heavy atom. The van der Waals surface area contributed by atoms with Gasteiger partial charge in [0.1, 0.15) is 23.7 Å². The van der Waals surface area contributed by atoms with E-state index in [1.54, 1.807) is 14.0 Å². The average Bonchev–Trinajstić information content (AvgIpc) is 3.32. The van der Waals surface area contributed by atoms with Gasteiger partial charge in [-0.1, -0.05) is 97.5 Å². The highest BCUT2D eigenvalue weighted by atomic mass is 32.2. The van der Waals surface area contributed by atoms with Crippen molar-refractivity contribution in [3.05, 3.63) is 23.9 Å². The fourth-order valence-corrected chi connectivity index (χ4v) is 9.20. The number of nitrogens with zero attached hydrogens (tertiary/aromatic N) is 1. The highest BCUT2D eigenvalue weighted by molar-refractivity contribution is 8.02. The van der Waals surface area contributed by atoms with Crippen molar-refractivity contribution >= 4 is 64.9 Å². The van der Waals surface area contributed by atoms with Crippen LogP contribution in [0.25, 0.3) is 0 Å². The molecule has 0 saturated carbocycles. The first-order valence-electron chi connectivity index (χ1n) is 25.3. The molecule has 20 nitrogen and oxygen atoms in total. The first kappa shape index (κ1) is 60.9. The molecule has 6 unspecified atom stereocenters. The van der Waals surface area contributed by atoms with Crippen molar-refractivity contribution in [2.45, 2.75) is 179 Å². The maximum absolute atomic E-state index is 14.8. The zero-order valence-corrected chi connectivity index (χ0v) is 43.3. The van der Waals surface area contributed by atoms with Crippen LogP contribution in [0.15, 0.2) is 28.9 Å². The van der Waals surface area contributed by atoms with Gasteiger partial charge in [-0.2, -0.15) is 0 Å². The molecule has 0 radical (unpaired) electrons. The summed E-state index contributed by atoms with van der Waals surface area (Å²) in [5.74, 6) is -5.79. The number of rotatable bonds is 27. The molecule has 0 aromatic heterocycles. The molecule has 1 fully saturated rings. The van der Waals surface area contributed by atoms with E-state index in [1.165, 1.54) is 63.0 Å². The Balaban J connectivity index is 2.10. The van der Waals surface area contributed by atoms with E-state index in [4.69, 9.17) is 5.73 Å². The number of primary amides is 1. The number of aliphatic hydroxyl groups is 1. The predicted octanol–water partition coefficient (Wildman–Crippen LogP) is 2.17. The summed E-state index contributed by atoms with van der Waals surface area (Å²) in [6.07, 6.45) is 16.3. The summed E-state index contributed by atoms with van der Waals surface area (Å²) in [7, 11) is 3.63. The summed E-state index contributed by atoms with van der Waals surface area (Å²) in [5.41, 5.74) is 3.76. The van der Waals surface area contributed by atoms with Gasteiger partial charge in [-0.05, 0) is 50.4 Å². The largest absolute Gasteiger partial charge is 0.394 e. The highest BCUT2D eigenvalue weighted by Crippen LogP contribution is 2.29. The maximum atomic E-state index is 14.8. The lowest BCUT2D eigenvalue weighted by Gasteiger charge is -2.38. The number of guanidine groups is 1. The van der Waals surface area contributed by atoms with E-state index in [0.29, 0.717) is 6.42 Å². The molecule has 70 heavy (non-hydrogen) atoms. The molecular weight excluding hydrogens is 919 g/mol. The van der Waals surface area contributed by atoms with Crippen molar-refractivity contribution in [3.8, 4) is 0 Å². The van der Waals surface area contributed by atoms with Crippen LogP contribution in [-0.4, -0.2) is 127 Å². The SMILES string of the molecule is C=C1CNC(=O)C(CC(C)C)NC(=O)C(CC(=O)C(C)NC(=O)CCCCCCCCCCCCCCCCNC(=NC)NC)CC2(CS/C=C\NC(=O)C(CO)NC(=O)C(CCC(N)=O)NC2=O)N1. The molecule has 0 aromatic rings. The Bertz CT molecular complexity index is 1780. The van der Waals surface area contributed by atoms with Crippen molar-refractivity contribution in [1.82, 2.24) is 47.9 Å². The second-order valence-corrected chi connectivity index (χ2v) is 19.8. The van der Waals surface area contributed by atoms with Crippen molar-refractivity contribution in [2.75, 3.05) is 39.5 Å². The molecule has 2 aliphatic rings. The fourth-order valence-electron chi connectivity index (χ4n) is 8.34. The van der Waals surface area contributed by atoms with Crippen LogP contribution < -0.4 is 53.6 Å². The molecule has 2 aliphatic heterocycles. The number of Topliss-reactive ketones (excluding diaryl/α,β-unsaturated/α-hetero) is 1. The van der Waals surface area contributed by atoms with Gasteiger partial charge in [0.2, 0.25) is 41.4 Å². The number of nitrogens with two attached hydrogens (primary N) is 1. The number of nitrogens with one attached hydrogen (secondary N) is 9. The van der Waals surface area contributed by atoms with Crippen molar-refractivity contribution in [1.29, 1.82) is 0 Å². The molecule has 1 spiro atoms. The smallest absolute Gasteiger partial charge is 0.248 e. The normalized spacial score (nSPS) is 22.8. The lowest BCUT2D eigenvalue weighted by Crippen LogP contribution is -2.64. The topological polar surface area (TPSA) is 303 Å². The van der Waals surface area contributed by atoms with Crippen molar-refractivity contribution < 1.29 is 43.5 Å². The van der Waals surface area contributed by atoms with Crippen LogP contribution in [0.1, 0.15) is 149 Å². The minimum absolute atomic E-state index is 0.0172. The number of carbonyl (C=O) groups is 8. The second-order valence-electron chi connectivity index (χ2n) is 18.9. The summed E-state index contributed by atoms with van der Waals surface area (Å²) in [6, 6.07) is -4.83. The first-order valence-corrected chi connectivity index (χ1v) is 26.3. The maximum Gasteiger partial charge on any atom is 0.248 e. The number of aliphatic imine (C=N–C) groups is 1. The minimum atomic E-state index is -1.82. The molecular formula is C49H85N11O9S. The van der Waals surface area contributed by atoms with Gasteiger partial charge in [-0.25, -0.2) is 0 Å². The Morgan fingerprint density at radius 3 is 2.00 bits per heavy atom. The van der Waals surface area contributed by atoms with E-state index in [9.17, 15) is 43.5 Å². The van der Waals surface area contributed by atoms with Gasteiger partial charge in [-0.3, -0.25) is 43.3 Å². The molecule has 6 atom stereocenters. The van der Waals surface area contributed by atoms with Crippen molar-refractivity contribution in [3.63, 3.8) is 0 Å². The third-order valence-corrected chi connectivity index (χ3v) is 13.3. The van der Waals surface area contributed by atoms with Gasteiger partial charge in [-0.15, -0.1) is 11.8 Å². The summed E-state index contributed by atoms with van der Waals surface area (Å²) >= 11 is 1.05. The van der Waals surface area contributed by atoms with Gasteiger partial charge >= 0.3 is 0 Å². The zero-order chi connectivity index (χ0) is 51.9. The molecule has 7 amide bonds. The van der Waals surface area contributed by atoms with Crippen LogP contribution in [0.3, 0.4) is 0 Å².